The molecule has 2 aromatic rings. The van der Waals surface area contributed by atoms with E-state index in [1.54, 1.807) is 20.8 Å². The largest absolute Gasteiger partial charge is 0.504 e. The summed E-state index contributed by atoms with van der Waals surface area (Å²) < 4.78 is 70.7. The highest BCUT2D eigenvalue weighted by Gasteiger charge is 2.28. The van der Waals surface area contributed by atoms with Crippen LogP contribution in [0.25, 0.3) is 0 Å². The number of rotatable bonds is 38. The Bertz CT molecular complexity index is 2440. The summed E-state index contributed by atoms with van der Waals surface area (Å²) in [5, 5.41) is 47.6. The third kappa shape index (κ3) is 24.4. The highest BCUT2D eigenvalue weighted by atomic mass is 32.2. The van der Waals surface area contributed by atoms with E-state index in [1.807, 2.05) is 0 Å². The molecule has 1 aliphatic rings. The molecule has 2 aromatic carbocycles. The molecule has 0 saturated heterocycles. The second-order valence-electron chi connectivity index (χ2n) is 17.9. The number of carbonyl (C=O) groups excluding carboxylic acids is 8. The molecule has 1 heterocycles. The Kier molecular flexibility index (Phi) is 27.5. The summed E-state index contributed by atoms with van der Waals surface area (Å²) in [6.07, 6.45) is 2.23. The van der Waals surface area contributed by atoms with Crippen molar-refractivity contribution in [3.63, 3.8) is 0 Å². The monoisotopic (exact) mass is 1100 g/mol. The van der Waals surface area contributed by atoms with Gasteiger partial charge in [-0.15, -0.1) is 0 Å². The topological polar surface area (TPSA) is 376 Å². The number of phenols is 3. The summed E-state index contributed by atoms with van der Waals surface area (Å²) in [6, 6.07) is 5.38. The molecule has 0 aliphatic carbocycles. The molecule has 0 radical (unpaired) electrons. The van der Waals surface area contributed by atoms with E-state index in [1.165, 1.54) is 30.4 Å². The van der Waals surface area contributed by atoms with E-state index in [0.717, 1.165) is 11.0 Å². The number of aromatic hydroxyl groups is 3. The first-order valence-electron chi connectivity index (χ1n) is 24.1. The van der Waals surface area contributed by atoms with Crippen molar-refractivity contribution < 1.29 is 105 Å². The smallest absolute Gasteiger partial charge is 0.311 e. The quantitative estimate of drug-likeness (QED) is 0.0155. The van der Waals surface area contributed by atoms with Crippen LogP contribution < -0.4 is 20.7 Å². The van der Waals surface area contributed by atoms with Gasteiger partial charge in [0.15, 0.2) is 17.2 Å². The fourth-order valence-corrected chi connectivity index (χ4v) is 7.31. The molecule has 27 heteroatoms. The molecule has 0 aromatic heterocycles. The first-order chi connectivity index (χ1) is 36.0. The molecule has 0 spiro atoms. The van der Waals surface area contributed by atoms with E-state index in [-0.39, 0.29) is 120 Å². The lowest BCUT2D eigenvalue weighted by Gasteiger charge is -2.18. The zero-order valence-electron chi connectivity index (χ0n) is 42.6. The molecule has 422 valence electrons. The van der Waals surface area contributed by atoms with Crippen LogP contribution in [0.4, 0.5) is 5.69 Å². The Morgan fingerprint density at radius 1 is 0.684 bits per heavy atom. The summed E-state index contributed by atoms with van der Waals surface area (Å²) in [6.45, 7) is 4.77. The number of imide groups is 1. The Balaban J connectivity index is 1.29. The van der Waals surface area contributed by atoms with Gasteiger partial charge in [0.1, 0.15) is 24.8 Å². The van der Waals surface area contributed by atoms with Gasteiger partial charge in [-0.1, -0.05) is 6.07 Å². The van der Waals surface area contributed by atoms with Crippen molar-refractivity contribution in [2.24, 2.45) is 11.3 Å². The van der Waals surface area contributed by atoms with Gasteiger partial charge in [-0.2, -0.15) is 8.42 Å². The highest BCUT2D eigenvalue weighted by Crippen LogP contribution is 2.47. The molecule has 26 nitrogen and oxygen atoms in total. The van der Waals surface area contributed by atoms with Gasteiger partial charge in [-0.25, -0.2) is 0 Å². The van der Waals surface area contributed by atoms with E-state index in [4.69, 9.17) is 33.2 Å². The number of nitrogens with one attached hydrogen (secondary N) is 3. The first kappa shape index (κ1) is 63.7. The molecule has 1 aliphatic heterocycles. The van der Waals surface area contributed by atoms with Crippen molar-refractivity contribution in [2.75, 3.05) is 96.8 Å². The van der Waals surface area contributed by atoms with Crippen LogP contribution in [0, 0.1) is 11.3 Å². The summed E-state index contributed by atoms with van der Waals surface area (Å²) in [4.78, 5) is 99.3. The number of Topliss-reactive ketones (excluding diaryl/α,β-unsaturated/α-hetero) is 2. The van der Waals surface area contributed by atoms with Crippen LogP contribution in [0.3, 0.4) is 0 Å². The molecular weight excluding hydrogens is 1030 g/mol. The lowest BCUT2D eigenvalue weighted by molar-refractivity contribution is -0.154. The van der Waals surface area contributed by atoms with Gasteiger partial charge < -0.3 is 69.5 Å². The van der Waals surface area contributed by atoms with E-state index in [9.17, 15) is 71.8 Å². The maximum atomic E-state index is 13.0. The fraction of sp³-hybridized carbons (Fsp3) is 0.551. The van der Waals surface area contributed by atoms with Crippen LogP contribution >= 0.6 is 0 Å². The lowest BCUT2D eigenvalue weighted by atomic mass is 9.97. The zero-order valence-corrected chi connectivity index (χ0v) is 43.4. The van der Waals surface area contributed by atoms with Crippen LogP contribution in [-0.4, -0.2) is 177 Å². The van der Waals surface area contributed by atoms with Crippen molar-refractivity contribution in [2.45, 2.75) is 72.5 Å². The van der Waals surface area contributed by atoms with Gasteiger partial charge in [0.2, 0.25) is 29.2 Å². The number of esters is 1. The number of phenolic OH excluding ortho intramolecular Hbond substituents is 2. The Labute approximate surface area is 439 Å². The Morgan fingerprint density at radius 3 is 1.93 bits per heavy atom. The molecule has 3 rings (SSSR count). The number of nitrogens with zero attached hydrogens (tertiary/aromatic N) is 1. The highest BCUT2D eigenvalue weighted by molar-refractivity contribution is 7.85. The summed E-state index contributed by atoms with van der Waals surface area (Å²) >= 11 is 0. The third-order valence-corrected chi connectivity index (χ3v) is 11.4. The average Bonchev–Trinajstić information content (AvgIpc) is 3.68. The number of anilines is 1. The van der Waals surface area contributed by atoms with Crippen molar-refractivity contribution in [1.82, 2.24) is 15.5 Å². The Morgan fingerprint density at radius 2 is 1.32 bits per heavy atom. The van der Waals surface area contributed by atoms with Gasteiger partial charge in [0.25, 0.3) is 21.9 Å². The molecule has 0 fully saturated rings. The van der Waals surface area contributed by atoms with Crippen LogP contribution in [0.1, 0.15) is 70.4 Å². The second kappa shape index (κ2) is 32.8. The lowest BCUT2D eigenvalue weighted by Crippen LogP contribution is -2.38. The molecule has 1 atom stereocenters. The number of hydrogen-bond acceptors (Lipinski definition) is 21. The average molecular weight is 1100 g/mol. The van der Waals surface area contributed by atoms with Crippen molar-refractivity contribution >= 4 is 62.9 Å². The number of aliphatic hydroxyl groups is 1. The van der Waals surface area contributed by atoms with Gasteiger partial charge in [0, 0.05) is 76.1 Å². The number of amides is 5. The van der Waals surface area contributed by atoms with Crippen molar-refractivity contribution in [1.29, 1.82) is 0 Å². The van der Waals surface area contributed by atoms with Crippen molar-refractivity contribution in [3.05, 3.63) is 47.5 Å². The van der Waals surface area contributed by atoms with Crippen LogP contribution in [0.2, 0.25) is 0 Å². The van der Waals surface area contributed by atoms with E-state index < -0.39 is 105 Å². The molecule has 5 amide bonds. The predicted molar refractivity (Wildman–Crippen MR) is 265 cm³/mol. The van der Waals surface area contributed by atoms with Crippen LogP contribution in [0.5, 0.6) is 28.7 Å². The summed E-state index contributed by atoms with van der Waals surface area (Å²) in [5.74, 6) is -9.55. The minimum absolute atomic E-state index is 0.0197. The maximum Gasteiger partial charge on any atom is 0.311 e. The number of aliphatic hydroxyl groups excluding tert-OH is 1. The van der Waals surface area contributed by atoms with E-state index in [2.05, 4.69) is 16.0 Å². The van der Waals surface area contributed by atoms with Gasteiger partial charge >= 0.3 is 5.97 Å². The molecular formula is C49H68N4O22S. The molecule has 0 saturated carbocycles. The summed E-state index contributed by atoms with van der Waals surface area (Å²) in [7, 11) is -4.66. The normalized spacial score (nSPS) is 12.9. The van der Waals surface area contributed by atoms with Crippen LogP contribution in [-0.2, 0) is 90.1 Å². The molecule has 0 unspecified atom stereocenters. The SMILES string of the molecule is CC(C)(C)C(=O)OCc1ccc(Oc2cc(CO)c(O)c(O)c2O)c(NC(=O)CCNC(=O)COCCNC(=O)[C@H](CC(=O)CCOCCOCCOCCOCCCC(=O)CCN2C(=O)C=CC2=O)CS(=O)(=O)O)c1. The standard InChI is InChI=1S/C49H68N4O22S/c1-49(2,3)48(65)74-29-32-6-7-38(75-39-27-33(28-54)44(61)46(63)45(39)62)37(25-32)52-40(57)10-13-50-41(58)30-73-18-14-51-47(64)34(31-76(66,67)68)26-36(56)12-17-70-20-22-72-24-23-71-21-19-69-16-4-5-35(55)11-15-53-42(59)8-9-43(53)60/h6-9,25,27,34,54,61-63H,4-5,10-24,26,28-31H2,1-3H3,(H,50,58)(H,51,64)(H,52,57)(H,66,67,68)/t34-/m1/s1. The van der Waals surface area contributed by atoms with Gasteiger partial charge in [0.05, 0.1) is 82.2 Å². The first-order valence-corrected chi connectivity index (χ1v) is 25.7. The van der Waals surface area contributed by atoms with Gasteiger partial charge in [-0.3, -0.25) is 47.8 Å². The number of ketones is 2. The second-order valence-corrected chi connectivity index (χ2v) is 19.4. The van der Waals surface area contributed by atoms with Crippen LogP contribution in [0.15, 0.2) is 36.4 Å². The number of carbonyl (C=O) groups is 8. The minimum atomic E-state index is -4.66. The zero-order chi connectivity index (χ0) is 56.3. The van der Waals surface area contributed by atoms with E-state index in [0.29, 0.717) is 31.8 Å². The molecule has 76 heavy (non-hydrogen) atoms. The Hall–Kier alpha value is -6.59. The summed E-state index contributed by atoms with van der Waals surface area (Å²) in [5.41, 5.74) is -0.531. The molecule has 8 N–H and O–H groups in total. The third-order valence-electron chi connectivity index (χ3n) is 10.6. The number of ether oxygens (including phenoxy) is 7. The number of benzene rings is 2. The predicted octanol–water partition coefficient (Wildman–Crippen LogP) is 1.34. The van der Waals surface area contributed by atoms with Gasteiger partial charge in [-0.05, 0) is 51.0 Å². The fourth-order valence-electron chi connectivity index (χ4n) is 6.54. The van der Waals surface area contributed by atoms with Crippen molar-refractivity contribution in [3.8, 4) is 28.7 Å². The number of hydrogen-bond donors (Lipinski definition) is 8. The van der Waals surface area contributed by atoms with E-state index >= 15 is 0 Å². The minimum Gasteiger partial charge on any atom is -0.504 e. The molecule has 0 bridgehead atoms. The maximum absolute atomic E-state index is 13.0.